The molecule has 0 spiro atoms. The topological polar surface area (TPSA) is 42.2 Å². The van der Waals surface area contributed by atoms with Crippen LogP contribution in [0.5, 0.6) is 0 Å². The minimum atomic E-state index is 0.833. The van der Waals surface area contributed by atoms with E-state index in [9.17, 15) is 0 Å². The third-order valence-corrected chi connectivity index (χ3v) is 5.67. The first-order valence-electron chi connectivity index (χ1n) is 11.2. The predicted octanol–water partition coefficient (Wildman–Crippen LogP) is 7.15. The third-order valence-electron chi connectivity index (χ3n) is 5.67. The zero-order valence-corrected chi connectivity index (χ0v) is 18.2. The molecule has 0 saturated heterocycles. The van der Waals surface area contributed by atoms with Crippen molar-refractivity contribution in [3.8, 4) is 22.4 Å². The summed E-state index contributed by atoms with van der Waals surface area (Å²) in [5, 5.41) is 8.24. The van der Waals surface area contributed by atoms with Crippen LogP contribution in [0.4, 0.5) is 11.5 Å². The Bertz CT molecular complexity index is 1310. The molecule has 5 aromatic rings. The maximum atomic E-state index is 4.99. The lowest BCUT2D eigenvalue weighted by Crippen LogP contribution is -2.03. The molecule has 0 aliphatic rings. The molecule has 0 radical (unpaired) electrons. The molecule has 0 atom stereocenters. The summed E-state index contributed by atoms with van der Waals surface area (Å²) in [5.41, 5.74) is 7.35. The van der Waals surface area contributed by atoms with Gasteiger partial charge in [0.15, 0.2) is 5.65 Å². The molecule has 3 aromatic carbocycles. The number of nitrogens with one attached hydrogen (secondary N) is 1. The largest absolute Gasteiger partial charge is 0.340 e. The highest BCUT2D eigenvalue weighted by atomic mass is 15.3. The van der Waals surface area contributed by atoms with Gasteiger partial charge in [-0.3, -0.25) is 0 Å². The van der Waals surface area contributed by atoms with Gasteiger partial charge >= 0.3 is 0 Å². The summed E-state index contributed by atoms with van der Waals surface area (Å²) in [6.45, 7) is 2.22. The lowest BCUT2D eigenvalue weighted by molar-refractivity contribution is 0.795. The molecule has 0 aliphatic heterocycles. The monoisotopic (exact) mass is 418 g/mol. The summed E-state index contributed by atoms with van der Waals surface area (Å²) >= 11 is 0. The number of aromatic nitrogens is 3. The summed E-state index contributed by atoms with van der Waals surface area (Å²) in [7, 11) is 0. The predicted molar refractivity (Wildman–Crippen MR) is 132 cm³/mol. The molecule has 158 valence electrons. The maximum Gasteiger partial charge on any atom is 0.165 e. The SMILES string of the molecule is CCCCc1ccc(Nc2cc(-c3ccccc3)nc3c(-c4ccccc4)cnn23)cc1. The minimum Gasteiger partial charge on any atom is -0.340 e. The first kappa shape index (κ1) is 20.0. The maximum absolute atomic E-state index is 4.99. The van der Waals surface area contributed by atoms with Crippen LogP contribution in [-0.4, -0.2) is 14.6 Å². The Kier molecular flexibility index (Phi) is 5.67. The first-order chi connectivity index (χ1) is 15.8. The number of anilines is 2. The molecule has 0 bridgehead atoms. The van der Waals surface area contributed by atoms with Crippen molar-refractivity contribution in [1.29, 1.82) is 0 Å². The van der Waals surface area contributed by atoms with Gasteiger partial charge in [0.05, 0.1) is 11.9 Å². The van der Waals surface area contributed by atoms with E-state index in [1.165, 1.54) is 18.4 Å². The van der Waals surface area contributed by atoms with Crippen molar-refractivity contribution in [2.45, 2.75) is 26.2 Å². The van der Waals surface area contributed by atoms with E-state index in [1.807, 2.05) is 47.1 Å². The van der Waals surface area contributed by atoms with Crippen molar-refractivity contribution >= 4 is 17.2 Å². The molecule has 0 aliphatic carbocycles. The second kappa shape index (κ2) is 9.06. The van der Waals surface area contributed by atoms with Crippen molar-refractivity contribution in [2.75, 3.05) is 5.32 Å². The number of rotatable bonds is 7. The number of aryl methyl sites for hydroxylation is 1. The third kappa shape index (κ3) is 4.12. The van der Waals surface area contributed by atoms with Gasteiger partial charge in [-0.2, -0.15) is 9.61 Å². The van der Waals surface area contributed by atoms with Crippen molar-refractivity contribution in [1.82, 2.24) is 14.6 Å². The molecule has 4 nitrogen and oxygen atoms in total. The Labute approximate surface area is 188 Å². The molecule has 0 unspecified atom stereocenters. The van der Waals surface area contributed by atoms with Gasteiger partial charge in [0.1, 0.15) is 5.82 Å². The Morgan fingerprint density at radius 1 is 0.812 bits per heavy atom. The lowest BCUT2D eigenvalue weighted by Gasteiger charge is -2.12. The van der Waals surface area contributed by atoms with E-state index in [0.29, 0.717) is 0 Å². The number of fused-ring (bicyclic) bond motifs is 1. The summed E-state index contributed by atoms with van der Waals surface area (Å²) in [4.78, 5) is 4.99. The van der Waals surface area contributed by atoms with E-state index in [0.717, 1.165) is 46.0 Å². The second-order valence-corrected chi connectivity index (χ2v) is 7.98. The number of hydrogen-bond donors (Lipinski definition) is 1. The van der Waals surface area contributed by atoms with Gasteiger partial charge in [-0.05, 0) is 36.1 Å². The van der Waals surface area contributed by atoms with Crippen LogP contribution < -0.4 is 5.32 Å². The Hall–Kier alpha value is -3.92. The Balaban J connectivity index is 1.59. The van der Waals surface area contributed by atoms with Crippen LogP contribution in [0.25, 0.3) is 28.0 Å². The van der Waals surface area contributed by atoms with Crippen LogP contribution in [0.3, 0.4) is 0 Å². The number of nitrogens with zero attached hydrogens (tertiary/aromatic N) is 3. The fourth-order valence-corrected chi connectivity index (χ4v) is 3.91. The van der Waals surface area contributed by atoms with Crippen LogP contribution in [0.2, 0.25) is 0 Å². The Morgan fingerprint density at radius 2 is 1.50 bits per heavy atom. The standard InChI is InChI=1S/C28H26N4/c1-2-3-10-21-15-17-24(18-16-21)30-27-19-26(23-13-8-5-9-14-23)31-28-25(20-29-32(27)28)22-11-6-4-7-12-22/h4-9,11-20,30H,2-3,10H2,1H3. The fraction of sp³-hybridized carbons (Fsp3) is 0.143. The normalized spacial score (nSPS) is 11.0. The van der Waals surface area contributed by atoms with Crippen LogP contribution in [0.1, 0.15) is 25.3 Å². The van der Waals surface area contributed by atoms with Gasteiger partial charge < -0.3 is 5.32 Å². The average Bonchev–Trinajstić information content (AvgIpc) is 3.29. The summed E-state index contributed by atoms with van der Waals surface area (Å²) in [5.74, 6) is 0.886. The van der Waals surface area contributed by atoms with Gasteiger partial charge in [-0.15, -0.1) is 0 Å². The molecular formula is C28H26N4. The molecule has 0 saturated carbocycles. The average molecular weight is 419 g/mol. The molecule has 0 amide bonds. The summed E-state index contributed by atoms with van der Waals surface area (Å²) in [6.07, 6.45) is 5.44. The van der Waals surface area contributed by atoms with Gasteiger partial charge in [0, 0.05) is 22.9 Å². The highest BCUT2D eigenvalue weighted by molar-refractivity contribution is 5.81. The summed E-state index contributed by atoms with van der Waals surface area (Å²) in [6, 6.07) is 31.3. The molecule has 1 N–H and O–H groups in total. The van der Waals surface area contributed by atoms with E-state index in [1.54, 1.807) is 0 Å². The van der Waals surface area contributed by atoms with E-state index in [4.69, 9.17) is 4.98 Å². The first-order valence-corrected chi connectivity index (χ1v) is 11.2. The zero-order chi connectivity index (χ0) is 21.8. The highest BCUT2D eigenvalue weighted by Crippen LogP contribution is 2.30. The van der Waals surface area contributed by atoms with Gasteiger partial charge in [0.25, 0.3) is 0 Å². The van der Waals surface area contributed by atoms with E-state index in [-0.39, 0.29) is 0 Å². The molecule has 32 heavy (non-hydrogen) atoms. The second-order valence-electron chi connectivity index (χ2n) is 7.98. The molecule has 2 heterocycles. The van der Waals surface area contributed by atoms with E-state index >= 15 is 0 Å². The number of hydrogen-bond acceptors (Lipinski definition) is 3. The fourth-order valence-electron chi connectivity index (χ4n) is 3.91. The lowest BCUT2D eigenvalue weighted by atomic mass is 10.1. The van der Waals surface area contributed by atoms with Crippen LogP contribution in [0.15, 0.2) is 97.2 Å². The van der Waals surface area contributed by atoms with E-state index < -0.39 is 0 Å². The van der Waals surface area contributed by atoms with Gasteiger partial charge in [0.2, 0.25) is 0 Å². The smallest absolute Gasteiger partial charge is 0.165 e. The number of unbranched alkanes of at least 4 members (excludes halogenated alkanes) is 1. The quantitative estimate of drug-likeness (QED) is 0.305. The van der Waals surface area contributed by atoms with Crippen molar-refractivity contribution in [3.63, 3.8) is 0 Å². The molecule has 0 fully saturated rings. The molecular weight excluding hydrogens is 392 g/mol. The van der Waals surface area contributed by atoms with Crippen LogP contribution in [0, 0.1) is 0 Å². The van der Waals surface area contributed by atoms with Crippen LogP contribution in [-0.2, 0) is 6.42 Å². The van der Waals surface area contributed by atoms with Gasteiger partial charge in [-0.25, -0.2) is 4.98 Å². The van der Waals surface area contributed by atoms with E-state index in [2.05, 4.69) is 71.9 Å². The van der Waals surface area contributed by atoms with Gasteiger partial charge in [-0.1, -0.05) is 86.1 Å². The molecule has 2 aromatic heterocycles. The van der Waals surface area contributed by atoms with Crippen LogP contribution >= 0.6 is 0 Å². The molecule has 5 rings (SSSR count). The highest BCUT2D eigenvalue weighted by Gasteiger charge is 2.14. The Morgan fingerprint density at radius 3 is 2.19 bits per heavy atom. The van der Waals surface area contributed by atoms with Crippen molar-refractivity contribution < 1.29 is 0 Å². The number of benzene rings is 3. The van der Waals surface area contributed by atoms with Crippen molar-refractivity contribution in [2.24, 2.45) is 0 Å². The zero-order valence-electron chi connectivity index (χ0n) is 18.2. The minimum absolute atomic E-state index is 0.833. The molecule has 4 heteroatoms. The summed E-state index contributed by atoms with van der Waals surface area (Å²) < 4.78 is 1.89. The van der Waals surface area contributed by atoms with Crippen molar-refractivity contribution in [3.05, 3.63) is 103 Å².